The minimum atomic E-state index is -0.773. The molecule has 0 bridgehead atoms. The predicted octanol–water partition coefficient (Wildman–Crippen LogP) is 2.63. The van der Waals surface area contributed by atoms with E-state index in [0.29, 0.717) is 40.4 Å². The zero-order valence-electron chi connectivity index (χ0n) is 16.5. The molecule has 4 aromatic rings. The molecular formula is C22H16N4O6. The van der Waals surface area contributed by atoms with Gasteiger partial charge >= 0.3 is 5.69 Å². The molecule has 0 fully saturated rings. The highest BCUT2D eigenvalue weighted by Gasteiger charge is 2.25. The van der Waals surface area contributed by atoms with Crippen LogP contribution in [0, 0.1) is 0 Å². The Morgan fingerprint density at radius 1 is 1.19 bits per heavy atom. The third-order valence-electron chi connectivity index (χ3n) is 4.75. The summed E-state index contributed by atoms with van der Waals surface area (Å²) in [6, 6.07) is 13.3. The second kappa shape index (κ2) is 7.91. The first kappa shape index (κ1) is 19.4. The zero-order valence-corrected chi connectivity index (χ0v) is 16.5. The highest BCUT2D eigenvalue weighted by Crippen LogP contribution is 2.35. The normalized spacial score (nSPS) is 14.7. The standard InChI is InChI=1S/C22H16N4O6/c27-10-14-11-30-17-6-2-5-15(19(17)32-14)21(28)24-12-3-1-4-13(9-12)31-16-7-8-23-20-18(16)25-22(29)26-20/h1-10,14H,11H2,(H,24,28)(H2,23,25,26,29). The number of pyridine rings is 1. The Hall–Kier alpha value is -4.60. The van der Waals surface area contributed by atoms with Gasteiger partial charge in [0.15, 0.2) is 35.3 Å². The van der Waals surface area contributed by atoms with E-state index in [-0.39, 0.29) is 17.9 Å². The lowest BCUT2D eigenvalue weighted by molar-refractivity contribution is -0.115. The number of hydrogen-bond donors (Lipinski definition) is 3. The number of aromatic amines is 2. The molecule has 1 atom stereocenters. The second-order valence-corrected chi connectivity index (χ2v) is 6.93. The molecule has 160 valence electrons. The molecule has 1 unspecified atom stereocenters. The van der Waals surface area contributed by atoms with Crippen LogP contribution in [0.15, 0.2) is 59.5 Å². The highest BCUT2D eigenvalue weighted by atomic mass is 16.6. The number of hydrogen-bond acceptors (Lipinski definition) is 7. The van der Waals surface area contributed by atoms with E-state index in [2.05, 4.69) is 20.3 Å². The van der Waals surface area contributed by atoms with Gasteiger partial charge in [0.2, 0.25) is 0 Å². The Morgan fingerprint density at radius 2 is 2.06 bits per heavy atom. The lowest BCUT2D eigenvalue weighted by Crippen LogP contribution is -2.31. The maximum atomic E-state index is 12.9. The first-order valence-corrected chi connectivity index (χ1v) is 9.65. The summed E-state index contributed by atoms with van der Waals surface area (Å²) in [5.74, 6) is 1.02. The topological polar surface area (TPSA) is 135 Å². The van der Waals surface area contributed by atoms with Crippen molar-refractivity contribution in [3.8, 4) is 23.0 Å². The summed E-state index contributed by atoms with van der Waals surface area (Å²) < 4.78 is 17.0. The monoisotopic (exact) mass is 432 g/mol. The number of benzene rings is 2. The van der Waals surface area contributed by atoms with Crippen LogP contribution in [0.3, 0.4) is 0 Å². The molecule has 1 amide bonds. The molecule has 0 saturated heterocycles. The van der Waals surface area contributed by atoms with Crippen molar-refractivity contribution in [2.75, 3.05) is 11.9 Å². The maximum Gasteiger partial charge on any atom is 0.325 e. The van der Waals surface area contributed by atoms with Gasteiger partial charge in [0, 0.05) is 24.0 Å². The van der Waals surface area contributed by atoms with E-state index in [1.807, 2.05) is 0 Å². The van der Waals surface area contributed by atoms with Crippen LogP contribution in [0.25, 0.3) is 11.2 Å². The van der Waals surface area contributed by atoms with E-state index in [4.69, 9.17) is 14.2 Å². The van der Waals surface area contributed by atoms with Crippen molar-refractivity contribution in [2.45, 2.75) is 6.10 Å². The number of H-pyrrole nitrogens is 2. The van der Waals surface area contributed by atoms with E-state index < -0.39 is 17.7 Å². The minimum absolute atomic E-state index is 0.0929. The van der Waals surface area contributed by atoms with Gasteiger partial charge in [-0.1, -0.05) is 12.1 Å². The van der Waals surface area contributed by atoms with Crippen molar-refractivity contribution in [3.05, 3.63) is 70.8 Å². The summed E-state index contributed by atoms with van der Waals surface area (Å²) in [7, 11) is 0. The SMILES string of the molecule is O=CC1COc2cccc(C(=O)Nc3cccc(Oc4ccnc5[nH]c(=O)[nH]c45)c3)c2O1. The van der Waals surface area contributed by atoms with Crippen molar-refractivity contribution in [1.82, 2.24) is 15.0 Å². The number of carbonyl (C=O) groups excluding carboxylic acids is 2. The third kappa shape index (κ3) is 3.65. The number of fused-ring (bicyclic) bond motifs is 2. The highest BCUT2D eigenvalue weighted by molar-refractivity contribution is 6.07. The number of rotatable bonds is 5. The third-order valence-corrected chi connectivity index (χ3v) is 4.75. The number of aldehydes is 1. The van der Waals surface area contributed by atoms with Crippen LogP contribution < -0.4 is 25.2 Å². The van der Waals surface area contributed by atoms with Crippen LogP contribution in [0.2, 0.25) is 0 Å². The average molecular weight is 432 g/mol. The largest absolute Gasteiger partial charge is 0.485 e. The van der Waals surface area contributed by atoms with Crippen LogP contribution in [-0.2, 0) is 4.79 Å². The molecule has 0 spiro atoms. The van der Waals surface area contributed by atoms with Gasteiger partial charge in [-0.3, -0.25) is 14.6 Å². The van der Waals surface area contributed by atoms with Crippen LogP contribution in [0.4, 0.5) is 5.69 Å². The Balaban J connectivity index is 1.38. The van der Waals surface area contributed by atoms with Crippen LogP contribution in [0.1, 0.15) is 10.4 Å². The Bertz CT molecular complexity index is 1390. The molecule has 1 aliphatic heterocycles. The first-order chi connectivity index (χ1) is 15.6. The van der Waals surface area contributed by atoms with Gasteiger partial charge in [-0.15, -0.1) is 0 Å². The molecule has 3 N–H and O–H groups in total. The fourth-order valence-corrected chi connectivity index (χ4v) is 3.31. The van der Waals surface area contributed by atoms with Gasteiger partial charge < -0.3 is 24.5 Å². The molecule has 0 radical (unpaired) electrons. The van der Waals surface area contributed by atoms with Gasteiger partial charge in [-0.05, 0) is 24.3 Å². The fraction of sp³-hybridized carbons (Fsp3) is 0.0909. The molecule has 2 aromatic heterocycles. The van der Waals surface area contributed by atoms with Gasteiger partial charge in [0.1, 0.15) is 17.9 Å². The van der Waals surface area contributed by atoms with Gasteiger partial charge in [-0.25, -0.2) is 9.78 Å². The van der Waals surface area contributed by atoms with Crippen LogP contribution in [-0.4, -0.2) is 39.9 Å². The number of amides is 1. The maximum absolute atomic E-state index is 12.9. The fourth-order valence-electron chi connectivity index (χ4n) is 3.31. The smallest absolute Gasteiger partial charge is 0.325 e. The van der Waals surface area contributed by atoms with Crippen LogP contribution >= 0.6 is 0 Å². The summed E-state index contributed by atoms with van der Waals surface area (Å²) in [6.45, 7) is 0.0929. The van der Waals surface area contributed by atoms with Crippen molar-refractivity contribution in [3.63, 3.8) is 0 Å². The molecule has 5 rings (SSSR count). The minimum Gasteiger partial charge on any atom is -0.485 e. The molecule has 3 heterocycles. The first-order valence-electron chi connectivity index (χ1n) is 9.65. The van der Waals surface area contributed by atoms with E-state index in [9.17, 15) is 14.4 Å². The van der Waals surface area contributed by atoms with Crippen molar-refractivity contribution >= 4 is 29.0 Å². The van der Waals surface area contributed by atoms with Gasteiger partial charge in [0.05, 0.1) is 5.56 Å². The van der Waals surface area contributed by atoms with Crippen molar-refractivity contribution in [1.29, 1.82) is 0 Å². The summed E-state index contributed by atoms with van der Waals surface area (Å²) in [5, 5.41) is 2.79. The number of para-hydroxylation sites is 1. The van der Waals surface area contributed by atoms with E-state index in [0.717, 1.165) is 0 Å². The molecule has 10 heteroatoms. The predicted molar refractivity (Wildman–Crippen MR) is 114 cm³/mol. The lowest BCUT2D eigenvalue weighted by atomic mass is 10.1. The molecule has 0 aliphatic carbocycles. The van der Waals surface area contributed by atoms with Gasteiger partial charge in [-0.2, -0.15) is 0 Å². The average Bonchev–Trinajstić information content (AvgIpc) is 3.20. The molecule has 10 nitrogen and oxygen atoms in total. The Labute approximate surface area is 180 Å². The van der Waals surface area contributed by atoms with Crippen molar-refractivity contribution < 1.29 is 23.8 Å². The van der Waals surface area contributed by atoms with Crippen molar-refractivity contribution in [2.24, 2.45) is 0 Å². The number of nitrogens with zero attached hydrogens (tertiary/aromatic N) is 1. The quantitative estimate of drug-likeness (QED) is 0.413. The van der Waals surface area contributed by atoms with Gasteiger partial charge in [0.25, 0.3) is 5.91 Å². The number of ether oxygens (including phenoxy) is 3. The molecule has 32 heavy (non-hydrogen) atoms. The molecular weight excluding hydrogens is 416 g/mol. The Morgan fingerprint density at radius 3 is 2.94 bits per heavy atom. The number of aromatic nitrogens is 3. The number of anilines is 1. The Kier molecular flexibility index (Phi) is 4.79. The zero-order chi connectivity index (χ0) is 22.1. The molecule has 2 aromatic carbocycles. The van der Waals surface area contributed by atoms with E-state index in [1.165, 1.54) is 6.20 Å². The van der Waals surface area contributed by atoms with E-state index >= 15 is 0 Å². The lowest BCUT2D eigenvalue weighted by Gasteiger charge is -2.24. The molecule has 1 aliphatic rings. The summed E-state index contributed by atoms with van der Waals surface area (Å²) in [5.41, 5.74) is 1.13. The summed E-state index contributed by atoms with van der Waals surface area (Å²) >= 11 is 0. The number of carbonyl (C=O) groups is 2. The second-order valence-electron chi connectivity index (χ2n) is 6.93. The summed E-state index contributed by atoms with van der Waals surface area (Å²) in [4.78, 5) is 44.8. The molecule has 0 saturated carbocycles. The summed E-state index contributed by atoms with van der Waals surface area (Å²) in [6.07, 6.45) is 1.37. The van der Waals surface area contributed by atoms with E-state index in [1.54, 1.807) is 48.5 Å². The number of nitrogens with one attached hydrogen (secondary N) is 3. The van der Waals surface area contributed by atoms with Crippen LogP contribution in [0.5, 0.6) is 23.0 Å². The number of imidazole rings is 1.